The number of morpholine rings is 1. The summed E-state index contributed by atoms with van der Waals surface area (Å²) in [4.78, 5) is 22.0. The molecule has 1 saturated heterocycles. The third-order valence-electron chi connectivity index (χ3n) is 2.71. The van der Waals surface area contributed by atoms with Gasteiger partial charge in [0.2, 0.25) is 0 Å². The largest absolute Gasteiger partial charge is 0.369 e. The molecule has 7 nitrogen and oxygen atoms in total. The zero-order chi connectivity index (χ0) is 13.7. The topological polar surface area (TPSA) is 91.1 Å². The van der Waals surface area contributed by atoms with Crippen LogP contribution in [0.1, 0.15) is 17.4 Å². The number of nitrogens with zero attached hydrogens (tertiary/aromatic N) is 4. The maximum atomic E-state index is 12.2. The van der Waals surface area contributed by atoms with Crippen molar-refractivity contribution in [3.8, 4) is 6.07 Å². The summed E-state index contributed by atoms with van der Waals surface area (Å²) >= 11 is 0. The van der Waals surface area contributed by atoms with Gasteiger partial charge in [0.1, 0.15) is 11.5 Å². The maximum Gasteiger partial charge on any atom is 0.274 e. The number of hydrogen-bond donors (Lipinski definition) is 1. The van der Waals surface area contributed by atoms with Crippen molar-refractivity contribution in [3.63, 3.8) is 0 Å². The van der Waals surface area contributed by atoms with E-state index in [1.165, 1.54) is 6.20 Å². The van der Waals surface area contributed by atoms with Gasteiger partial charge in [-0.15, -0.1) is 0 Å². The normalized spacial score (nSPS) is 18.7. The smallest absolute Gasteiger partial charge is 0.274 e. The number of nitrogens with one attached hydrogen (secondary N) is 1. The Morgan fingerprint density at radius 3 is 3.26 bits per heavy atom. The molecular weight excluding hydrogens is 246 g/mol. The number of anilines is 1. The number of carbonyl (C=O) groups is 1. The molecule has 0 saturated carbocycles. The second kappa shape index (κ2) is 6.11. The number of amides is 1. The van der Waals surface area contributed by atoms with Crippen molar-refractivity contribution >= 4 is 11.7 Å². The van der Waals surface area contributed by atoms with Gasteiger partial charge in [-0.05, 0) is 6.92 Å². The molecule has 100 valence electrons. The first-order valence-corrected chi connectivity index (χ1v) is 6.11. The molecular formula is C12H15N5O2. The molecule has 0 aliphatic carbocycles. The van der Waals surface area contributed by atoms with Crippen LogP contribution in [0.5, 0.6) is 0 Å². The lowest BCUT2D eigenvalue weighted by atomic mass is 10.2. The van der Waals surface area contributed by atoms with Gasteiger partial charge in [-0.3, -0.25) is 9.78 Å². The number of ether oxygens (including phenoxy) is 1. The Bertz CT molecular complexity index is 499. The van der Waals surface area contributed by atoms with Gasteiger partial charge in [-0.1, -0.05) is 0 Å². The van der Waals surface area contributed by atoms with Gasteiger partial charge in [0.05, 0.1) is 31.6 Å². The predicted molar refractivity (Wildman–Crippen MR) is 67.5 cm³/mol. The summed E-state index contributed by atoms with van der Waals surface area (Å²) in [5.41, 5.74) is 0.275. The highest BCUT2D eigenvalue weighted by Gasteiger charge is 2.25. The van der Waals surface area contributed by atoms with Crippen LogP contribution in [0.2, 0.25) is 0 Å². The second-order valence-corrected chi connectivity index (χ2v) is 4.06. The van der Waals surface area contributed by atoms with Crippen molar-refractivity contribution in [2.45, 2.75) is 13.0 Å². The van der Waals surface area contributed by atoms with Gasteiger partial charge in [0.15, 0.2) is 6.10 Å². The molecule has 1 atom stereocenters. The highest BCUT2D eigenvalue weighted by Crippen LogP contribution is 2.10. The lowest BCUT2D eigenvalue weighted by Crippen LogP contribution is -2.45. The van der Waals surface area contributed by atoms with E-state index in [4.69, 9.17) is 10.00 Å². The van der Waals surface area contributed by atoms with Crippen molar-refractivity contribution < 1.29 is 9.53 Å². The first kappa shape index (κ1) is 13.2. The van der Waals surface area contributed by atoms with Crippen molar-refractivity contribution in [3.05, 3.63) is 18.1 Å². The molecule has 19 heavy (non-hydrogen) atoms. The third-order valence-corrected chi connectivity index (χ3v) is 2.71. The van der Waals surface area contributed by atoms with E-state index in [0.717, 1.165) is 0 Å². The van der Waals surface area contributed by atoms with Crippen LogP contribution >= 0.6 is 0 Å². The minimum atomic E-state index is -0.567. The molecule has 1 aliphatic rings. The standard InChI is InChI=1S/C12H15N5O2/c1-2-15-11-7-14-6-10(16-11)12(18)17-3-4-19-9(5-13)8-17/h6-7,9H,2-4,8H2,1H3,(H,15,16). The molecule has 1 aliphatic heterocycles. The zero-order valence-corrected chi connectivity index (χ0v) is 10.7. The molecule has 0 spiro atoms. The summed E-state index contributed by atoms with van der Waals surface area (Å²) in [6, 6.07) is 2.01. The van der Waals surface area contributed by atoms with Crippen molar-refractivity contribution in [2.24, 2.45) is 0 Å². The Labute approximate surface area is 111 Å². The summed E-state index contributed by atoms with van der Waals surface area (Å²) < 4.78 is 5.20. The third kappa shape index (κ3) is 3.17. The van der Waals surface area contributed by atoms with Crippen LogP contribution in [0.3, 0.4) is 0 Å². The molecule has 0 bridgehead atoms. The lowest BCUT2D eigenvalue weighted by molar-refractivity contribution is 0.00318. The lowest BCUT2D eigenvalue weighted by Gasteiger charge is -2.29. The van der Waals surface area contributed by atoms with E-state index in [1.807, 2.05) is 13.0 Å². The van der Waals surface area contributed by atoms with E-state index in [0.29, 0.717) is 25.5 Å². The quantitative estimate of drug-likeness (QED) is 0.840. The second-order valence-electron chi connectivity index (χ2n) is 4.06. The Kier molecular flexibility index (Phi) is 4.26. The molecule has 0 aromatic carbocycles. The molecule has 2 heterocycles. The number of hydrogen-bond acceptors (Lipinski definition) is 6. The zero-order valence-electron chi connectivity index (χ0n) is 10.7. The van der Waals surface area contributed by atoms with Crippen molar-refractivity contribution in [1.82, 2.24) is 14.9 Å². The van der Waals surface area contributed by atoms with Crippen molar-refractivity contribution in [2.75, 3.05) is 31.6 Å². The number of rotatable bonds is 3. The average Bonchev–Trinajstić information content (AvgIpc) is 2.47. The minimum absolute atomic E-state index is 0.226. The average molecular weight is 261 g/mol. The Balaban J connectivity index is 2.10. The summed E-state index contributed by atoms with van der Waals surface area (Å²) in [6.07, 6.45) is 2.43. The van der Waals surface area contributed by atoms with Gasteiger partial charge >= 0.3 is 0 Å². The molecule has 1 fully saturated rings. The molecule has 7 heteroatoms. The van der Waals surface area contributed by atoms with E-state index in [-0.39, 0.29) is 18.1 Å². The summed E-state index contributed by atoms with van der Waals surface area (Å²) in [5.74, 6) is 0.342. The molecule has 1 N–H and O–H groups in total. The summed E-state index contributed by atoms with van der Waals surface area (Å²) in [7, 11) is 0. The van der Waals surface area contributed by atoms with Crippen LogP contribution in [0, 0.1) is 11.3 Å². The minimum Gasteiger partial charge on any atom is -0.369 e. The van der Waals surface area contributed by atoms with Crippen molar-refractivity contribution in [1.29, 1.82) is 5.26 Å². The summed E-state index contributed by atoms with van der Waals surface area (Å²) in [6.45, 7) is 3.74. The molecule has 1 amide bonds. The number of aromatic nitrogens is 2. The van der Waals surface area contributed by atoms with E-state index >= 15 is 0 Å². The van der Waals surface area contributed by atoms with Crippen LogP contribution < -0.4 is 5.32 Å². The summed E-state index contributed by atoms with van der Waals surface area (Å²) in [5, 5.41) is 11.8. The fraction of sp³-hybridized carbons (Fsp3) is 0.500. The van der Waals surface area contributed by atoms with Crippen LogP contribution in [-0.4, -0.2) is 53.1 Å². The fourth-order valence-corrected chi connectivity index (χ4v) is 1.81. The molecule has 1 aromatic rings. The highest BCUT2D eigenvalue weighted by molar-refractivity contribution is 5.92. The van der Waals surface area contributed by atoms with Gasteiger partial charge in [-0.25, -0.2) is 4.98 Å². The monoisotopic (exact) mass is 261 g/mol. The van der Waals surface area contributed by atoms with E-state index in [2.05, 4.69) is 15.3 Å². The molecule has 1 aromatic heterocycles. The van der Waals surface area contributed by atoms with Crippen LogP contribution in [-0.2, 0) is 4.74 Å². The van der Waals surface area contributed by atoms with Gasteiger partial charge in [-0.2, -0.15) is 5.26 Å². The van der Waals surface area contributed by atoms with E-state index < -0.39 is 6.10 Å². The first-order chi connectivity index (χ1) is 9.24. The maximum absolute atomic E-state index is 12.2. The van der Waals surface area contributed by atoms with Crippen LogP contribution in [0.15, 0.2) is 12.4 Å². The van der Waals surface area contributed by atoms with Gasteiger partial charge < -0.3 is 15.0 Å². The Hall–Kier alpha value is -2.20. The Morgan fingerprint density at radius 1 is 1.68 bits per heavy atom. The molecule has 0 radical (unpaired) electrons. The van der Waals surface area contributed by atoms with E-state index in [1.54, 1.807) is 11.1 Å². The first-order valence-electron chi connectivity index (χ1n) is 6.11. The highest BCUT2D eigenvalue weighted by atomic mass is 16.5. The fourth-order valence-electron chi connectivity index (χ4n) is 1.81. The SMILES string of the molecule is CCNc1cncc(C(=O)N2CCOC(C#N)C2)n1. The van der Waals surface area contributed by atoms with Crippen LogP contribution in [0.4, 0.5) is 5.82 Å². The van der Waals surface area contributed by atoms with Gasteiger partial charge in [0, 0.05) is 13.1 Å². The Morgan fingerprint density at radius 2 is 2.53 bits per heavy atom. The van der Waals surface area contributed by atoms with Crippen LogP contribution in [0.25, 0.3) is 0 Å². The molecule has 2 rings (SSSR count). The van der Waals surface area contributed by atoms with Gasteiger partial charge in [0.25, 0.3) is 5.91 Å². The molecule has 1 unspecified atom stereocenters. The van der Waals surface area contributed by atoms with E-state index in [9.17, 15) is 4.79 Å². The number of carbonyl (C=O) groups excluding carboxylic acids is 1. The number of nitriles is 1. The predicted octanol–water partition coefficient (Wildman–Crippen LogP) is 0.273.